The molecule has 0 saturated carbocycles. The van der Waals surface area contributed by atoms with E-state index in [0.717, 1.165) is 31.8 Å². The molecule has 0 radical (unpaired) electrons. The van der Waals surface area contributed by atoms with Crippen LogP contribution in [0.3, 0.4) is 0 Å². The summed E-state index contributed by atoms with van der Waals surface area (Å²) in [5, 5.41) is 0.603. The molecule has 1 aromatic carbocycles. The van der Waals surface area contributed by atoms with Crippen LogP contribution in [0.4, 0.5) is 0 Å². The van der Waals surface area contributed by atoms with Gasteiger partial charge in [0.25, 0.3) is 0 Å². The minimum atomic E-state index is 0.110. The number of ether oxygens (including phenoxy) is 2. The first-order valence-electron chi connectivity index (χ1n) is 6.68. The molecule has 0 aromatic heterocycles. The van der Waals surface area contributed by atoms with Gasteiger partial charge in [0.05, 0.1) is 11.6 Å². The second-order valence-corrected chi connectivity index (χ2v) is 5.07. The van der Waals surface area contributed by atoms with Crippen molar-refractivity contribution < 1.29 is 9.47 Å². The topological polar surface area (TPSA) is 47.7 Å². The average Bonchev–Trinajstić information content (AvgIpc) is 2.46. The Hall–Kier alpha value is -0.810. The summed E-state index contributed by atoms with van der Waals surface area (Å²) in [6.07, 6.45) is 0.110. The molecule has 1 aromatic rings. The molecule has 1 heterocycles. The van der Waals surface area contributed by atoms with Gasteiger partial charge in [-0.15, -0.1) is 0 Å². The van der Waals surface area contributed by atoms with Crippen LogP contribution in [-0.4, -0.2) is 43.9 Å². The smallest absolute Gasteiger partial charge is 0.138 e. The van der Waals surface area contributed by atoms with Gasteiger partial charge in [-0.1, -0.05) is 24.6 Å². The fraction of sp³-hybridized carbons (Fsp3) is 0.571. The third-order valence-electron chi connectivity index (χ3n) is 3.33. The van der Waals surface area contributed by atoms with E-state index in [9.17, 15) is 0 Å². The Morgan fingerprint density at radius 1 is 1.53 bits per heavy atom. The molecule has 2 N–H and O–H groups in total. The van der Waals surface area contributed by atoms with Crippen molar-refractivity contribution in [3.8, 4) is 5.75 Å². The van der Waals surface area contributed by atoms with Crippen LogP contribution in [0.2, 0.25) is 5.02 Å². The van der Waals surface area contributed by atoms with Gasteiger partial charge in [-0.3, -0.25) is 4.90 Å². The highest BCUT2D eigenvalue weighted by Gasteiger charge is 2.20. The van der Waals surface area contributed by atoms with E-state index in [1.54, 1.807) is 0 Å². The SMILES string of the molecule is CCN1CCOC(COc2ccc(CN)cc2Cl)C1. The lowest BCUT2D eigenvalue weighted by Crippen LogP contribution is -2.44. The minimum absolute atomic E-state index is 0.110. The van der Waals surface area contributed by atoms with Gasteiger partial charge >= 0.3 is 0 Å². The predicted molar refractivity (Wildman–Crippen MR) is 76.7 cm³/mol. The van der Waals surface area contributed by atoms with Crippen molar-refractivity contribution in [1.82, 2.24) is 4.90 Å². The number of benzene rings is 1. The largest absolute Gasteiger partial charge is 0.489 e. The number of hydrogen-bond acceptors (Lipinski definition) is 4. The quantitative estimate of drug-likeness (QED) is 0.897. The van der Waals surface area contributed by atoms with Gasteiger partial charge in [0.2, 0.25) is 0 Å². The number of nitrogens with two attached hydrogens (primary N) is 1. The van der Waals surface area contributed by atoms with Crippen molar-refractivity contribution in [3.05, 3.63) is 28.8 Å². The monoisotopic (exact) mass is 284 g/mol. The maximum Gasteiger partial charge on any atom is 0.138 e. The molecule has 0 amide bonds. The van der Waals surface area contributed by atoms with Crippen LogP contribution < -0.4 is 10.5 Å². The highest BCUT2D eigenvalue weighted by molar-refractivity contribution is 6.32. The zero-order valence-electron chi connectivity index (χ0n) is 11.3. The van der Waals surface area contributed by atoms with Crippen LogP contribution in [0.5, 0.6) is 5.75 Å². The molecule has 0 spiro atoms. The first-order chi connectivity index (χ1) is 9.22. The first-order valence-corrected chi connectivity index (χ1v) is 7.06. The van der Waals surface area contributed by atoms with Gasteiger partial charge in [0.1, 0.15) is 18.5 Å². The molecule has 1 aliphatic heterocycles. The molecule has 1 atom stereocenters. The molecule has 2 rings (SSSR count). The van der Waals surface area contributed by atoms with E-state index >= 15 is 0 Å². The van der Waals surface area contributed by atoms with E-state index < -0.39 is 0 Å². The third-order valence-corrected chi connectivity index (χ3v) is 3.62. The Labute approximate surface area is 119 Å². The lowest BCUT2D eigenvalue weighted by atomic mass is 10.2. The molecule has 1 aliphatic rings. The number of hydrogen-bond donors (Lipinski definition) is 1. The van der Waals surface area contributed by atoms with Gasteiger partial charge in [-0.25, -0.2) is 0 Å². The fourth-order valence-corrected chi connectivity index (χ4v) is 2.40. The molecular weight excluding hydrogens is 264 g/mol. The van der Waals surface area contributed by atoms with Gasteiger partial charge < -0.3 is 15.2 Å². The zero-order chi connectivity index (χ0) is 13.7. The van der Waals surface area contributed by atoms with E-state index in [0.29, 0.717) is 23.9 Å². The molecule has 4 nitrogen and oxygen atoms in total. The maximum absolute atomic E-state index is 6.15. The summed E-state index contributed by atoms with van der Waals surface area (Å²) in [5.74, 6) is 0.691. The molecule has 1 saturated heterocycles. The molecular formula is C14H21ClN2O2. The molecule has 106 valence electrons. The van der Waals surface area contributed by atoms with Crippen molar-refractivity contribution in [2.75, 3.05) is 32.8 Å². The van der Waals surface area contributed by atoms with Crippen LogP contribution >= 0.6 is 11.6 Å². The van der Waals surface area contributed by atoms with E-state index in [2.05, 4.69) is 11.8 Å². The summed E-state index contributed by atoms with van der Waals surface area (Å²) >= 11 is 6.15. The Kier molecular flexibility index (Phi) is 5.45. The number of nitrogens with zero attached hydrogens (tertiary/aromatic N) is 1. The molecule has 1 unspecified atom stereocenters. The number of morpholine rings is 1. The number of likely N-dealkylation sites (N-methyl/N-ethyl adjacent to an activating group) is 1. The Morgan fingerprint density at radius 2 is 2.37 bits per heavy atom. The first kappa shape index (κ1) is 14.6. The molecule has 1 fully saturated rings. The lowest BCUT2D eigenvalue weighted by molar-refractivity contribution is -0.0463. The lowest BCUT2D eigenvalue weighted by Gasteiger charge is -2.31. The molecule has 19 heavy (non-hydrogen) atoms. The van der Waals surface area contributed by atoms with Gasteiger partial charge in [0, 0.05) is 19.6 Å². The standard InChI is InChI=1S/C14H21ClN2O2/c1-2-17-5-6-18-12(9-17)10-19-14-4-3-11(8-16)7-13(14)15/h3-4,7,12H,2,5-6,8-10,16H2,1H3. The van der Waals surface area contributed by atoms with Crippen molar-refractivity contribution in [2.45, 2.75) is 19.6 Å². The van der Waals surface area contributed by atoms with Crippen molar-refractivity contribution >= 4 is 11.6 Å². The highest BCUT2D eigenvalue weighted by atomic mass is 35.5. The Balaban J connectivity index is 1.88. The van der Waals surface area contributed by atoms with E-state index in [-0.39, 0.29) is 6.10 Å². The number of halogens is 1. The average molecular weight is 285 g/mol. The van der Waals surface area contributed by atoms with Crippen LogP contribution in [0.25, 0.3) is 0 Å². The van der Waals surface area contributed by atoms with Crippen LogP contribution in [0, 0.1) is 0 Å². The predicted octanol–water partition coefficient (Wildman–Crippen LogP) is 1.90. The van der Waals surface area contributed by atoms with Gasteiger partial charge in [-0.05, 0) is 24.2 Å². The van der Waals surface area contributed by atoms with E-state index in [4.69, 9.17) is 26.8 Å². The van der Waals surface area contributed by atoms with Crippen LogP contribution in [-0.2, 0) is 11.3 Å². The third kappa shape index (κ3) is 4.08. The zero-order valence-corrected chi connectivity index (χ0v) is 12.0. The van der Waals surface area contributed by atoms with Crippen molar-refractivity contribution in [2.24, 2.45) is 5.73 Å². The van der Waals surface area contributed by atoms with Crippen molar-refractivity contribution in [1.29, 1.82) is 0 Å². The van der Waals surface area contributed by atoms with E-state index in [1.165, 1.54) is 0 Å². The Bertz CT molecular complexity index is 414. The molecule has 0 bridgehead atoms. The second-order valence-electron chi connectivity index (χ2n) is 4.67. The molecule has 0 aliphatic carbocycles. The normalized spacial score (nSPS) is 20.5. The van der Waals surface area contributed by atoms with Crippen molar-refractivity contribution in [3.63, 3.8) is 0 Å². The van der Waals surface area contributed by atoms with Gasteiger partial charge in [-0.2, -0.15) is 0 Å². The summed E-state index contributed by atoms with van der Waals surface area (Å²) in [6, 6.07) is 5.64. The summed E-state index contributed by atoms with van der Waals surface area (Å²) in [7, 11) is 0. The number of rotatable bonds is 5. The van der Waals surface area contributed by atoms with Crippen LogP contribution in [0.15, 0.2) is 18.2 Å². The highest BCUT2D eigenvalue weighted by Crippen LogP contribution is 2.25. The maximum atomic E-state index is 6.15. The summed E-state index contributed by atoms with van der Waals surface area (Å²) in [6.45, 7) is 6.89. The molecule has 5 heteroatoms. The van der Waals surface area contributed by atoms with Gasteiger partial charge in [0.15, 0.2) is 0 Å². The minimum Gasteiger partial charge on any atom is -0.489 e. The fourth-order valence-electron chi connectivity index (χ4n) is 2.14. The van der Waals surface area contributed by atoms with Crippen LogP contribution in [0.1, 0.15) is 12.5 Å². The summed E-state index contributed by atoms with van der Waals surface area (Å²) < 4.78 is 11.4. The Morgan fingerprint density at radius 3 is 3.05 bits per heavy atom. The summed E-state index contributed by atoms with van der Waals surface area (Å²) in [5.41, 5.74) is 6.57. The second kappa shape index (κ2) is 7.10. The van der Waals surface area contributed by atoms with E-state index in [1.807, 2.05) is 18.2 Å². The summed E-state index contributed by atoms with van der Waals surface area (Å²) in [4.78, 5) is 2.36.